The second kappa shape index (κ2) is 7.69. The minimum Gasteiger partial charge on any atom is -0.490 e. The van der Waals surface area contributed by atoms with Crippen LogP contribution in [0, 0.1) is 13.8 Å². The summed E-state index contributed by atoms with van der Waals surface area (Å²) in [7, 11) is 0. The van der Waals surface area contributed by atoms with Crippen molar-refractivity contribution >= 4 is 27.8 Å². The van der Waals surface area contributed by atoms with Gasteiger partial charge in [0.25, 0.3) is 0 Å². The van der Waals surface area contributed by atoms with Gasteiger partial charge in [-0.05, 0) is 50.5 Å². The van der Waals surface area contributed by atoms with Crippen LogP contribution >= 0.6 is 0 Å². The van der Waals surface area contributed by atoms with Crippen molar-refractivity contribution in [3.05, 3.63) is 71.4 Å². The summed E-state index contributed by atoms with van der Waals surface area (Å²) < 4.78 is 17.6. The molecule has 1 saturated carbocycles. The third kappa shape index (κ3) is 3.22. The lowest BCUT2D eigenvalue weighted by atomic mass is 9.82. The van der Waals surface area contributed by atoms with Crippen LogP contribution in [-0.4, -0.2) is 32.4 Å². The highest BCUT2D eigenvalue weighted by Gasteiger charge is 2.36. The number of rotatable bonds is 5. The minimum atomic E-state index is -1.05. The fraction of sp³-hybridized carbons (Fsp3) is 0.231. The summed E-state index contributed by atoms with van der Waals surface area (Å²) in [4.78, 5) is 17.2. The Morgan fingerprint density at radius 2 is 1.97 bits per heavy atom. The molecule has 1 fully saturated rings. The number of hydrogen-bond donors (Lipinski definition) is 1. The summed E-state index contributed by atoms with van der Waals surface area (Å²) >= 11 is 0. The zero-order chi connectivity index (χ0) is 23.4. The number of aromatic carboxylic acids is 1. The molecule has 0 saturated heterocycles. The van der Waals surface area contributed by atoms with Gasteiger partial charge in [-0.1, -0.05) is 24.3 Å². The highest BCUT2D eigenvalue weighted by molar-refractivity contribution is 6.07. The predicted molar refractivity (Wildman–Crippen MR) is 124 cm³/mol. The first-order valence-electron chi connectivity index (χ1n) is 11.1. The van der Waals surface area contributed by atoms with Crippen LogP contribution < -0.4 is 4.74 Å². The van der Waals surface area contributed by atoms with E-state index in [1.807, 2.05) is 50.2 Å². The van der Waals surface area contributed by atoms with Crippen molar-refractivity contribution < 1.29 is 23.5 Å². The number of pyridine rings is 1. The van der Waals surface area contributed by atoms with Gasteiger partial charge in [0.05, 0.1) is 16.5 Å². The van der Waals surface area contributed by atoms with Crippen molar-refractivity contribution in [1.82, 2.24) is 15.2 Å². The van der Waals surface area contributed by atoms with Gasteiger partial charge in [-0.25, -0.2) is 9.78 Å². The maximum atomic E-state index is 12.4. The molecule has 8 heteroatoms. The molecule has 2 aromatic carbocycles. The fourth-order valence-electron chi connectivity index (χ4n) is 4.65. The summed E-state index contributed by atoms with van der Waals surface area (Å²) in [6.45, 7) is 3.87. The molecular weight excluding hydrogens is 434 g/mol. The van der Waals surface area contributed by atoms with Gasteiger partial charge in [-0.3, -0.25) is 0 Å². The summed E-state index contributed by atoms with van der Waals surface area (Å²) in [6.07, 6.45) is 2.71. The molecule has 34 heavy (non-hydrogen) atoms. The first-order valence-corrected chi connectivity index (χ1v) is 11.1. The van der Waals surface area contributed by atoms with Crippen molar-refractivity contribution in [2.75, 3.05) is 0 Å². The van der Waals surface area contributed by atoms with E-state index in [0.717, 1.165) is 34.9 Å². The van der Waals surface area contributed by atoms with Crippen LogP contribution in [0.25, 0.3) is 33.3 Å². The third-order valence-electron chi connectivity index (χ3n) is 6.55. The van der Waals surface area contributed by atoms with Crippen molar-refractivity contribution in [2.45, 2.75) is 38.7 Å². The maximum absolute atomic E-state index is 12.4. The van der Waals surface area contributed by atoms with E-state index in [1.165, 1.54) is 6.39 Å². The molecule has 170 valence electrons. The quantitative estimate of drug-likeness (QED) is 0.361. The highest BCUT2D eigenvalue weighted by Crippen LogP contribution is 2.41. The fourth-order valence-corrected chi connectivity index (χ4v) is 4.65. The molecule has 3 heterocycles. The normalized spacial score (nSPS) is 17.7. The number of benzene rings is 2. The van der Waals surface area contributed by atoms with Crippen LogP contribution in [-0.2, 0) is 0 Å². The monoisotopic (exact) mass is 455 g/mol. The van der Waals surface area contributed by atoms with Crippen molar-refractivity contribution in [3.63, 3.8) is 0 Å². The van der Waals surface area contributed by atoms with Gasteiger partial charge in [0.1, 0.15) is 23.1 Å². The zero-order valence-corrected chi connectivity index (χ0v) is 18.6. The van der Waals surface area contributed by atoms with Crippen molar-refractivity contribution in [1.29, 1.82) is 0 Å². The lowest BCUT2D eigenvalue weighted by molar-refractivity contribution is 0.0696. The molecule has 5 aromatic rings. The molecule has 0 spiro atoms. The van der Waals surface area contributed by atoms with E-state index in [0.29, 0.717) is 34.0 Å². The molecule has 1 N–H and O–H groups in total. The van der Waals surface area contributed by atoms with Crippen LogP contribution in [0.15, 0.2) is 57.7 Å². The smallest absolute Gasteiger partial charge is 0.336 e. The number of carboxylic acid groups (broad SMARTS) is 1. The van der Waals surface area contributed by atoms with Crippen LogP contribution in [0.2, 0.25) is 0 Å². The lowest BCUT2D eigenvalue weighted by Gasteiger charge is -2.33. The first-order chi connectivity index (χ1) is 16.5. The van der Waals surface area contributed by atoms with Crippen LogP contribution in [0.3, 0.4) is 0 Å². The number of aromatic nitrogens is 3. The molecule has 0 bridgehead atoms. The number of para-hydroxylation sites is 1. The molecule has 0 unspecified atom stereocenters. The third-order valence-corrected chi connectivity index (χ3v) is 6.55. The average Bonchev–Trinajstić information content (AvgIpc) is 3.45. The zero-order valence-electron chi connectivity index (χ0n) is 18.6. The predicted octanol–water partition coefficient (Wildman–Crippen LogP) is 5.67. The van der Waals surface area contributed by atoms with Crippen molar-refractivity contribution in [2.24, 2.45) is 0 Å². The second-order valence-electron chi connectivity index (χ2n) is 8.70. The Kier molecular flexibility index (Phi) is 4.62. The molecule has 1 aliphatic carbocycles. The second-order valence-corrected chi connectivity index (χ2v) is 8.70. The summed E-state index contributed by atoms with van der Waals surface area (Å²) in [6, 6.07) is 13.0. The van der Waals surface area contributed by atoms with E-state index in [4.69, 9.17) is 18.6 Å². The molecule has 0 radical (unpaired) electrons. The Bertz CT molecular complexity index is 1550. The SMILES string of the molecule is Cc1c(-c2cc(C(=O)O)c3c(OC4CC(c5nnco5)C4)ccc(C)c3n2)oc2ccccc12. The molecule has 0 aliphatic heterocycles. The summed E-state index contributed by atoms with van der Waals surface area (Å²) in [5.74, 6) is 0.788. The number of fused-ring (bicyclic) bond motifs is 2. The standard InChI is InChI=1S/C26H21N3O5/c1-13-7-8-21(33-16-9-15(10-16)25-29-27-12-32-25)22-18(26(30)31)11-19(28-23(13)22)24-14(2)17-5-3-4-6-20(17)34-24/h3-8,11-12,15-16H,9-10H2,1-2H3,(H,30,31). The first kappa shape index (κ1) is 20.4. The number of ether oxygens (including phenoxy) is 1. The Morgan fingerprint density at radius 1 is 1.15 bits per heavy atom. The van der Waals surface area contributed by atoms with Crippen LogP contribution in [0.4, 0.5) is 0 Å². The van der Waals surface area contributed by atoms with E-state index < -0.39 is 5.97 Å². The molecule has 0 amide bonds. The van der Waals surface area contributed by atoms with E-state index in [1.54, 1.807) is 6.07 Å². The molecule has 0 atom stereocenters. The number of aryl methyl sites for hydroxylation is 2. The van der Waals surface area contributed by atoms with Gasteiger partial charge >= 0.3 is 5.97 Å². The Hall–Kier alpha value is -4.20. The molecule has 6 rings (SSSR count). The molecule has 1 aliphatic rings. The Balaban J connectivity index is 1.43. The highest BCUT2D eigenvalue weighted by atomic mass is 16.5. The van der Waals surface area contributed by atoms with E-state index in [2.05, 4.69) is 10.2 Å². The number of carboxylic acids is 1. The molecule has 3 aromatic heterocycles. The molecule has 8 nitrogen and oxygen atoms in total. The van der Waals surface area contributed by atoms with E-state index in [-0.39, 0.29) is 17.6 Å². The summed E-state index contributed by atoms with van der Waals surface area (Å²) in [5, 5.41) is 19.3. The molecular formula is C26H21N3O5. The van der Waals surface area contributed by atoms with Gasteiger partial charge < -0.3 is 18.7 Å². The van der Waals surface area contributed by atoms with Gasteiger partial charge in [0, 0.05) is 16.9 Å². The average molecular weight is 455 g/mol. The number of carbonyl (C=O) groups is 1. The van der Waals surface area contributed by atoms with E-state index in [9.17, 15) is 9.90 Å². The van der Waals surface area contributed by atoms with Gasteiger partial charge in [-0.2, -0.15) is 0 Å². The largest absolute Gasteiger partial charge is 0.490 e. The Morgan fingerprint density at radius 3 is 2.71 bits per heavy atom. The summed E-state index contributed by atoms with van der Waals surface area (Å²) in [5.41, 5.74) is 3.72. The lowest BCUT2D eigenvalue weighted by Crippen LogP contribution is -2.32. The number of nitrogens with zero attached hydrogens (tertiary/aromatic N) is 3. The topological polar surface area (TPSA) is 111 Å². The van der Waals surface area contributed by atoms with Crippen molar-refractivity contribution in [3.8, 4) is 17.2 Å². The van der Waals surface area contributed by atoms with E-state index >= 15 is 0 Å². The van der Waals surface area contributed by atoms with Gasteiger partial charge in [0.2, 0.25) is 12.3 Å². The van der Waals surface area contributed by atoms with Gasteiger partial charge in [0.15, 0.2) is 5.76 Å². The Labute approximate surface area is 194 Å². The minimum absolute atomic E-state index is 0.0678. The maximum Gasteiger partial charge on any atom is 0.336 e. The number of furan rings is 1. The van der Waals surface area contributed by atoms with Crippen LogP contribution in [0.5, 0.6) is 5.75 Å². The van der Waals surface area contributed by atoms with Gasteiger partial charge in [-0.15, -0.1) is 10.2 Å². The number of hydrogen-bond acceptors (Lipinski definition) is 7. The van der Waals surface area contributed by atoms with Crippen LogP contribution in [0.1, 0.15) is 46.1 Å².